The number of nitrogens with zero attached hydrogens (tertiary/aromatic N) is 1. The van der Waals surface area contributed by atoms with E-state index in [2.05, 4.69) is 28.1 Å². The third-order valence-electron chi connectivity index (χ3n) is 4.93. The van der Waals surface area contributed by atoms with Gasteiger partial charge in [-0.15, -0.1) is 0 Å². The van der Waals surface area contributed by atoms with Gasteiger partial charge in [0.15, 0.2) is 0 Å². The lowest BCUT2D eigenvalue weighted by atomic mass is 10.1. The van der Waals surface area contributed by atoms with E-state index in [1.165, 1.54) is 6.21 Å². The van der Waals surface area contributed by atoms with Crippen molar-refractivity contribution in [3.63, 3.8) is 0 Å². The molecule has 180 valence electrons. The Morgan fingerprint density at radius 3 is 2.43 bits per heavy atom. The van der Waals surface area contributed by atoms with Crippen LogP contribution in [0, 0.1) is 6.92 Å². The highest BCUT2D eigenvalue weighted by molar-refractivity contribution is 6.40. The summed E-state index contributed by atoms with van der Waals surface area (Å²) in [5.41, 5.74) is 4.97. The first-order chi connectivity index (χ1) is 17.0. The number of hydrogen-bond acceptors (Lipinski definition) is 5. The van der Waals surface area contributed by atoms with Crippen LogP contribution in [0.15, 0.2) is 77.9 Å². The van der Waals surface area contributed by atoms with E-state index >= 15 is 0 Å². The molecule has 3 amide bonds. The summed E-state index contributed by atoms with van der Waals surface area (Å²) in [5.74, 6) is -1.57. The summed E-state index contributed by atoms with van der Waals surface area (Å²) in [6.07, 6.45) is 3.47. The molecule has 8 nitrogen and oxygen atoms in total. The van der Waals surface area contributed by atoms with Crippen LogP contribution in [0.2, 0.25) is 0 Å². The SMILES string of the molecule is CCCCOc1ccc(/C=N\NC(=O)C(=O)Nc2ccccc2C(=O)Nc2cccc(C)c2)cc1. The zero-order valence-electron chi connectivity index (χ0n) is 19.7. The van der Waals surface area contributed by atoms with E-state index in [0.29, 0.717) is 12.3 Å². The van der Waals surface area contributed by atoms with Crippen LogP contribution in [0.1, 0.15) is 41.3 Å². The van der Waals surface area contributed by atoms with Gasteiger partial charge < -0.3 is 15.4 Å². The van der Waals surface area contributed by atoms with Gasteiger partial charge >= 0.3 is 11.8 Å². The lowest BCUT2D eigenvalue weighted by molar-refractivity contribution is -0.136. The molecule has 0 aliphatic heterocycles. The number of nitrogens with one attached hydrogen (secondary N) is 3. The predicted molar refractivity (Wildman–Crippen MR) is 137 cm³/mol. The highest BCUT2D eigenvalue weighted by Gasteiger charge is 2.17. The summed E-state index contributed by atoms with van der Waals surface area (Å²) < 4.78 is 5.60. The molecule has 0 unspecified atom stereocenters. The zero-order valence-corrected chi connectivity index (χ0v) is 19.7. The first-order valence-corrected chi connectivity index (χ1v) is 11.3. The van der Waals surface area contributed by atoms with Gasteiger partial charge in [-0.25, -0.2) is 5.43 Å². The van der Waals surface area contributed by atoms with Crippen LogP contribution in [0.3, 0.4) is 0 Å². The van der Waals surface area contributed by atoms with Gasteiger partial charge in [-0.2, -0.15) is 5.10 Å². The van der Waals surface area contributed by atoms with E-state index in [4.69, 9.17) is 4.74 Å². The van der Waals surface area contributed by atoms with E-state index in [1.54, 1.807) is 42.5 Å². The number of anilines is 2. The third kappa shape index (κ3) is 7.82. The Balaban J connectivity index is 1.56. The van der Waals surface area contributed by atoms with Gasteiger partial charge in [-0.1, -0.05) is 37.6 Å². The Hall–Kier alpha value is -4.46. The normalized spacial score (nSPS) is 10.6. The van der Waals surface area contributed by atoms with Crippen molar-refractivity contribution in [2.45, 2.75) is 26.7 Å². The number of benzene rings is 3. The van der Waals surface area contributed by atoms with Gasteiger partial charge in [0.05, 0.1) is 24.1 Å². The molecule has 0 fully saturated rings. The number of carbonyl (C=O) groups is 3. The third-order valence-corrected chi connectivity index (χ3v) is 4.93. The summed E-state index contributed by atoms with van der Waals surface area (Å²) >= 11 is 0. The number of carbonyl (C=O) groups excluding carboxylic acids is 3. The van der Waals surface area contributed by atoms with E-state index < -0.39 is 17.7 Å². The van der Waals surface area contributed by atoms with Crippen LogP contribution >= 0.6 is 0 Å². The van der Waals surface area contributed by atoms with Crippen molar-refractivity contribution in [1.29, 1.82) is 0 Å². The number of rotatable bonds is 9. The molecule has 3 rings (SSSR count). The van der Waals surface area contributed by atoms with Crippen LogP contribution in [-0.2, 0) is 9.59 Å². The molecule has 0 heterocycles. The van der Waals surface area contributed by atoms with Crippen molar-refractivity contribution in [2.75, 3.05) is 17.2 Å². The average molecular weight is 473 g/mol. The topological polar surface area (TPSA) is 109 Å². The van der Waals surface area contributed by atoms with E-state index in [9.17, 15) is 14.4 Å². The number of amides is 3. The maximum absolute atomic E-state index is 12.7. The average Bonchev–Trinajstić information content (AvgIpc) is 2.85. The Morgan fingerprint density at radius 2 is 1.69 bits per heavy atom. The number of hydrazone groups is 1. The summed E-state index contributed by atoms with van der Waals surface area (Å²) in [6.45, 7) is 4.68. The minimum Gasteiger partial charge on any atom is -0.494 e. The number of aryl methyl sites for hydroxylation is 1. The van der Waals surface area contributed by atoms with Gasteiger partial charge in [0, 0.05) is 5.69 Å². The smallest absolute Gasteiger partial charge is 0.329 e. The molecule has 0 aliphatic rings. The van der Waals surface area contributed by atoms with E-state index in [-0.39, 0.29) is 11.3 Å². The second kappa shape index (κ2) is 12.7. The summed E-state index contributed by atoms with van der Waals surface area (Å²) in [5, 5.41) is 9.08. The summed E-state index contributed by atoms with van der Waals surface area (Å²) in [7, 11) is 0. The molecule has 3 aromatic carbocycles. The molecular weight excluding hydrogens is 444 g/mol. The molecule has 0 bridgehead atoms. The maximum atomic E-state index is 12.7. The minimum absolute atomic E-state index is 0.209. The monoisotopic (exact) mass is 472 g/mol. The van der Waals surface area contributed by atoms with Gasteiger partial charge in [-0.05, 0) is 73.0 Å². The first kappa shape index (κ1) is 25.2. The summed E-state index contributed by atoms with van der Waals surface area (Å²) in [6, 6.07) is 21.0. The van der Waals surface area contributed by atoms with Crippen LogP contribution in [0.25, 0.3) is 0 Å². The molecule has 8 heteroatoms. The molecule has 0 aromatic heterocycles. The van der Waals surface area contributed by atoms with Crippen LogP contribution in [0.5, 0.6) is 5.75 Å². The fourth-order valence-corrected chi connectivity index (χ4v) is 3.09. The fraction of sp³-hybridized carbons (Fsp3) is 0.185. The Kier molecular flexibility index (Phi) is 9.13. The quantitative estimate of drug-likeness (QED) is 0.184. The molecule has 35 heavy (non-hydrogen) atoms. The second-order valence-electron chi connectivity index (χ2n) is 7.79. The standard InChI is InChI=1S/C27H28N4O4/c1-3-4-16-35-22-14-12-20(13-15-22)18-28-31-27(34)26(33)30-24-11-6-5-10-23(24)25(32)29-21-9-7-8-19(2)17-21/h5-15,17-18H,3-4,16H2,1-2H3,(H,29,32)(H,30,33)(H,31,34)/b28-18-. The Morgan fingerprint density at radius 1 is 0.914 bits per heavy atom. The second-order valence-corrected chi connectivity index (χ2v) is 7.79. The Bertz CT molecular complexity index is 1210. The molecule has 0 radical (unpaired) electrons. The van der Waals surface area contributed by atoms with Crippen molar-refractivity contribution in [2.24, 2.45) is 5.10 Å². The Labute approximate surface area is 204 Å². The molecule has 0 saturated heterocycles. The van der Waals surface area contributed by atoms with Crippen LogP contribution in [0.4, 0.5) is 11.4 Å². The molecule has 3 N–H and O–H groups in total. The molecule has 3 aromatic rings. The number of para-hydroxylation sites is 1. The first-order valence-electron chi connectivity index (χ1n) is 11.3. The van der Waals surface area contributed by atoms with Crippen LogP contribution in [-0.4, -0.2) is 30.5 Å². The molecule has 0 aliphatic carbocycles. The lowest BCUT2D eigenvalue weighted by Gasteiger charge is -2.11. The molecular formula is C27H28N4O4. The zero-order chi connectivity index (χ0) is 25.0. The van der Waals surface area contributed by atoms with E-state index in [0.717, 1.165) is 29.7 Å². The van der Waals surface area contributed by atoms with Crippen molar-refractivity contribution in [3.05, 3.63) is 89.5 Å². The fourth-order valence-electron chi connectivity index (χ4n) is 3.09. The lowest BCUT2D eigenvalue weighted by Crippen LogP contribution is -2.33. The number of unbranched alkanes of at least 4 members (excludes halogenated alkanes) is 1. The minimum atomic E-state index is -0.963. The number of ether oxygens (including phenoxy) is 1. The van der Waals surface area contributed by atoms with Gasteiger partial charge in [0.1, 0.15) is 5.75 Å². The van der Waals surface area contributed by atoms with Crippen molar-refractivity contribution in [1.82, 2.24) is 5.43 Å². The van der Waals surface area contributed by atoms with Gasteiger partial charge in [-0.3, -0.25) is 14.4 Å². The van der Waals surface area contributed by atoms with Crippen molar-refractivity contribution in [3.8, 4) is 5.75 Å². The highest BCUT2D eigenvalue weighted by Crippen LogP contribution is 2.18. The highest BCUT2D eigenvalue weighted by atomic mass is 16.5. The van der Waals surface area contributed by atoms with Crippen molar-refractivity contribution < 1.29 is 19.1 Å². The van der Waals surface area contributed by atoms with E-state index in [1.807, 2.05) is 37.3 Å². The predicted octanol–water partition coefficient (Wildman–Crippen LogP) is 4.52. The van der Waals surface area contributed by atoms with Crippen LogP contribution < -0.4 is 20.8 Å². The van der Waals surface area contributed by atoms with Crippen molar-refractivity contribution >= 4 is 35.3 Å². The largest absolute Gasteiger partial charge is 0.494 e. The number of hydrogen-bond donors (Lipinski definition) is 3. The molecule has 0 atom stereocenters. The van der Waals surface area contributed by atoms with Gasteiger partial charge in [0.25, 0.3) is 5.91 Å². The summed E-state index contributed by atoms with van der Waals surface area (Å²) in [4.78, 5) is 37.3. The molecule has 0 saturated carbocycles. The molecule has 0 spiro atoms. The maximum Gasteiger partial charge on any atom is 0.329 e. The van der Waals surface area contributed by atoms with Gasteiger partial charge in [0.2, 0.25) is 0 Å².